The molecule has 0 saturated carbocycles. The second-order valence-electron chi connectivity index (χ2n) is 6.33. The molecular weight excluding hydrogens is 370 g/mol. The van der Waals surface area contributed by atoms with E-state index in [1.807, 2.05) is 12.1 Å². The number of hydrogen-bond donors (Lipinski definition) is 1. The highest BCUT2D eigenvalue weighted by molar-refractivity contribution is 5.92. The molecule has 0 aliphatic rings. The fraction of sp³-hybridized carbons (Fsp3) is 0.190. The van der Waals surface area contributed by atoms with Gasteiger partial charge in [0, 0.05) is 31.7 Å². The highest BCUT2D eigenvalue weighted by Gasteiger charge is 2.14. The van der Waals surface area contributed by atoms with Gasteiger partial charge in [-0.15, -0.1) is 10.2 Å². The van der Waals surface area contributed by atoms with E-state index in [1.165, 1.54) is 7.11 Å². The Kier molecular flexibility index (Phi) is 6.47. The van der Waals surface area contributed by atoms with Crippen LogP contribution in [0.3, 0.4) is 0 Å². The molecule has 0 spiro atoms. The van der Waals surface area contributed by atoms with Crippen molar-refractivity contribution in [2.75, 3.05) is 26.0 Å². The summed E-state index contributed by atoms with van der Waals surface area (Å²) in [4.78, 5) is 29.6. The summed E-state index contributed by atoms with van der Waals surface area (Å²) >= 11 is 0. The topological polar surface area (TPSA) is 97.3 Å². The first-order valence-electron chi connectivity index (χ1n) is 9.00. The summed E-state index contributed by atoms with van der Waals surface area (Å²) in [6, 6.07) is 13.9. The van der Waals surface area contributed by atoms with Crippen LogP contribution >= 0.6 is 0 Å². The van der Waals surface area contributed by atoms with Crippen molar-refractivity contribution in [3.05, 3.63) is 77.7 Å². The maximum atomic E-state index is 12.5. The van der Waals surface area contributed by atoms with Gasteiger partial charge in [-0.1, -0.05) is 0 Å². The monoisotopic (exact) mass is 391 g/mol. The van der Waals surface area contributed by atoms with Crippen LogP contribution in [-0.2, 0) is 11.2 Å². The van der Waals surface area contributed by atoms with Crippen LogP contribution in [-0.4, -0.2) is 52.7 Å². The van der Waals surface area contributed by atoms with Gasteiger partial charge < -0.3 is 15.0 Å². The van der Waals surface area contributed by atoms with Gasteiger partial charge in [-0.2, -0.15) is 0 Å². The van der Waals surface area contributed by atoms with Gasteiger partial charge in [0.25, 0.3) is 5.91 Å². The van der Waals surface area contributed by atoms with Gasteiger partial charge in [0.15, 0.2) is 11.5 Å². The molecule has 0 fully saturated rings. The minimum Gasteiger partial charge on any atom is -0.465 e. The summed E-state index contributed by atoms with van der Waals surface area (Å²) < 4.78 is 4.67. The fourth-order valence-electron chi connectivity index (χ4n) is 2.61. The molecule has 1 N–H and O–H groups in total. The number of esters is 1. The normalized spacial score (nSPS) is 10.3. The molecule has 0 aliphatic carbocycles. The third kappa shape index (κ3) is 5.35. The predicted molar refractivity (Wildman–Crippen MR) is 108 cm³/mol. The van der Waals surface area contributed by atoms with Gasteiger partial charge in [-0.3, -0.25) is 9.78 Å². The van der Waals surface area contributed by atoms with Gasteiger partial charge >= 0.3 is 5.97 Å². The molecule has 0 radical (unpaired) electrons. The van der Waals surface area contributed by atoms with Gasteiger partial charge in [0.1, 0.15) is 0 Å². The van der Waals surface area contributed by atoms with Crippen LogP contribution in [0.5, 0.6) is 0 Å². The molecule has 29 heavy (non-hydrogen) atoms. The number of amides is 1. The minimum absolute atomic E-state index is 0.194. The van der Waals surface area contributed by atoms with Crippen LogP contribution in [0.1, 0.15) is 26.4 Å². The number of carbonyl (C=O) groups is 2. The summed E-state index contributed by atoms with van der Waals surface area (Å²) in [5, 5.41) is 11.2. The van der Waals surface area contributed by atoms with Gasteiger partial charge in [-0.05, 0) is 60.5 Å². The molecule has 0 unspecified atom stereocenters. The Bertz CT molecular complexity index is 960. The Hall–Kier alpha value is -3.81. The lowest BCUT2D eigenvalue weighted by molar-refractivity contribution is 0.0600. The number of benzene rings is 1. The van der Waals surface area contributed by atoms with E-state index in [9.17, 15) is 9.59 Å². The Morgan fingerprint density at radius 2 is 1.72 bits per heavy atom. The van der Waals surface area contributed by atoms with Crippen molar-refractivity contribution in [2.24, 2.45) is 0 Å². The third-order valence-corrected chi connectivity index (χ3v) is 4.29. The molecular formula is C21H21N5O3. The van der Waals surface area contributed by atoms with Gasteiger partial charge in [-0.25, -0.2) is 4.79 Å². The summed E-state index contributed by atoms with van der Waals surface area (Å²) in [5.41, 5.74) is 2.58. The molecule has 3 aromatic rings. The lowest BCUT2D eigenvalue weighted by Crippen LogP contribution is -2.29. The molecule has 148 valence electrons. The number of ether oxygens (including phenoxy) is 1. The van der Waals surface area contributed by atoms with E-state index in [0.717, 1.165) is 17.7 Å². The van der Waals surface area contributed by atoms with E-state index in [4.69, 9.17) is 0 Å². The van der Waals surface area contributed by atoms with Crippen LogP contribution in [0.15, 0.2) is 60.9 Å². The Morgan fingerprint density at radius 3 is 2.34 bits per heavy atom. The van der Waals surface area contributed by atoms with Gasteiger partial charge in [0.2, 0.25) is 0 Å². The summed E-state index contributed by atoms with van der Waals surface area (Å²) in [5.74, 6) is -0.0976. The first kappa shape index (κ1) is 19.9. The van der Waals surface area contributed by atoms with Crippen LogP contribution in [0.4, 0.5) is 11.5 Å². The molecule has 8 nitrogen and oxygen atoms in total. The fourth-order valence-corrected chi connectivity index (χ4v) is 2.61. The zero-order valence-electron chi connectivity index (χ0n) is 16.2. The number of methoxy groups -OCH3 is 1. The van der Waals surface area contributed by atoms with Crippen LogP contribution in [0.2, 0.25) is 0 Å². The van der Waals surface area contributed by atoms with Crippen molar-refractivity contribution >= 4 is 23.4 Å². The van der Waals surface area contributed by atoms with E-state index >= 15 is 0 Å². The second kappa shape index (κ2) is 9.41. The SMILES string of the molecule is COC(=O)c1ccc(Nc2ccc(C(=O)N(C)CCc3ccncc3)nn2)cc1. The number of pyridine rings is 1. The number of nitrogens with zero attached hydrogens (tertiary/aromatic N) is 4. The summed E-state index contributed by atoms with van der Waals surface area (Å²) in [7, 11) is 3.07. The first-order valence-corrected chi connectivity index (χ1v) is 9.00. The van der Waals surface area contributed by atoms with Crippen molar-refractivity contribution in [3.8, 4) is 0 Å². The zero-order valence-corrected chi connectivity index (χ0v) is 16.2. The largest absolute Gasteiger partial charge is 0.465 e. The van der Waals surface area contributed by atoms with Crippen molar-refractivity contribution in [1.29, 1.82) is 0 Å². The average Bonchev–Trinajstić information content (AvgIpc) is 2.78. The van der Waals surface area contributed by atoms with E-state index in [1.54, 1.807) is 60.7 Å². The lowest BCUT2D eigenvalue weighted by Gasteiger charge is -2.16. The Morgan fingerprint density at radius 1 is 1.00 bits per heavy atom. The maximum absolute atomic E-state index is 12.5. The average molecular weight is 391 g/mol. The standard InChI is InChI=1S/C21H21N5O3/c1-26(14-11-15-9-12-22-13-10-15)20(27)18-7-8-19(25-24-18)23-17-5-3-16(4-6-17)21(28)29-2/h3-10,12-13H,11,14H2,1-2H3,(H,23,25). The molecule has 0 atom stereocenters. The minimum atomic E-state index is -0.396. The van der Waals surface area contributed by atoms with Crippen LogP contribution in [0, 0.1) is 0 Å². The zero-order chi connectivity index (χ0) is 20.6. The molecule has 1 amide bonds. The Balaban J connectivity index is 1.57. The third-order valence-electron chi connectivity index (χ3n) is 4.29. The van der Waals surface area contributed by atoms with Crippen molar-refractivity contribution in [1.82, 2.24) is 20.1 Å². The van der Waals surface area contributed by atoms with E-state index < -0.39 is 5.97 Å². The molecule has 3 rings (SSSR count). The van der Waals surface area contributed by atoms with Crippen molar-refractivity contribution in [2.45, 2.75) is 6.42 Å². The van der Waals surface area contributed by atoms with E-state index in [2.05, 4.69) is 25.2 Å². The maximum Gasteiger partial charge on any atom is 0.337 e. The van der Waals surface area contributed by atoms with Crippen molar-refractivity contribution in [3.63, 3.8) is 0 Å². The Labute approximate surface area is 168 Å². The number of aromatic nitrogens is 3. The number of nitrogens with one attached hydrogen (secondary N) is 1. The molecule has 1 aromatic carbocycles. The summed E-state index contributed by atoms with van der Waals surface area (Å²) in [6.45, 7) is 0.567. The van der Waals surface area contributed by atoms with Crippen molar-refractivity contribution < 1.29 is 14.3 Å². The molecule has 2 heterocycles. The molecule has 8 heteroatoms. The predicted octanol–water partition coefficient (Wildman–Crippen LogP) is 2.72. The smallest absolute Gasteiger partial charge is 0.337 e. The molecule has 0 bridgehead atoms. The van der Waals surface area contributed by atoms with E-state index in [-0.39, 0.29) is 11.6 Å². The number of carbonyl (C=O) groups excluding carboxylic acids is 2. The molecule has 0 saturated heterocycles. The number of hydrogen-bond acceptors (Lipinski definition) is 7. The molecule has 0 aliphatic heterocycles. The number of rotatable bonds is 7. The highest BCUT2D eigenvalue weighted by atomic mass is 16.5. The highest BCUT2D eigenvalue weighted by Crippen LogP contribution is 2.15. The lowest BCUT2D eigenvalue weighted by atomic mass is 10.2. The van der Waals surface area contributed by atoms with E-state index in [0.29, 0.717) is 17.9 Å². The first-order chi connectivity index (χ1) is 14.1. The number of likely N-dealkylation sites (N-methyl/N-ethyl adjacent to an activating group) is 1. The number of anilines is 2. The molecule has 2 aromatic heterocycles. The van der Waals surface area contributed by atoms with Crippen LogP contribution in [0.25, 0.3) is 0 Å². The second-order valence-corrected chi connectivity index (χ2v) is 6.33. The summed E-state index contributed by atoms with van der Waals surface area (Å²) in [6.07, 6.45) is 4.20. The van der Waals surface area contributed by atoms with Gasteiger partial charge in [0.05, 0.1) is 12.7 Å². The van der Waals surface area contributed by atoms with Crippen LogP contribution < -0.4 is 5.32 Å². The quantitative estimate of drug-likeness (QED) is 0.619.